The van der Waals surface area contributed by atoms with Crippen LogP contribution in [0.2, 0.25) is 10.0 Å². The van der Waals surface area contributed by atoms with Crippen molar-refractivity contribution in [3.05, 3.63) is 60.3 Å². The summed E-state index contributed by atoms with van der Waals surface area (Å²) in [4.78, 5) is 44.2. The molecule has 1 saturated heterocycles. The summed E-state index contributed by atoms with van der Waals surface area (Å²) >= 11 is 12.0. The number of aromatic nitrogens is 2. The molecule has 1 aromatic heterocycles. The Morgan fingerprint density at radius 1 is 1.08 bits per heavy atom. The summed E-state index contributed by atoms with van der Waals surface area (Å²) in [5.74, 6) is -0.139. The smallest absolute Gasteiger partial charge is 0.325 e. The fourth-order valence-electron chi connectivity index (χ4n) is 3.00. The second-order valence-electron chi connectivity index (χ2n) is 6.15. The Balaban J connectivity index is 1.64. The number of H-pyrrole nitrogens is 2. The number of hydrogen-bond donors (Lipinski definition) is 2. The van der Waals surface area contributed by atoms with Crippen LogP contribution >= 0.6 is 23.2 Å². The molecule has 0 bridgehead atoms. The molecule has 1 aliphatic rings. The Hall–Kier alpha value is -2.25. The molecule has 1 fully saturated rings. The van der Waals surface area contributed by atoms with Crippen LogP contribution in [0.3, 0.4) is 0 Å². The highest BCUT2D eigenvalue weighted by Gasteiger charge is 2.23. The number of carbonyl (C=O) groups excluding carboxylic acids is 1. The number of hydrogen-bond acceptors (Lipinski definition) is 4. The monoisotopic (exact) mass is 396 g/mol. The molecule has 0 atom stereocenters. The normalized spacial score (nSPS) is 14.6. The van der Waals surface area contributed by atoms with Crippen LogP contribution in [0.1, 0.15) is 11.3 Å². The maximum Gasteiger partial charge on any atom is 0.325 e. The Morgan fingerprint density at radius 2 is 1.77 bits per heavy atom. The summed E-state index contributed by atoms with van der Waals surface area (Å²) in [5.41, 5.74) is 0.579. The predicted octanol–water partition coefficient (Wildman–Crippen LogP) is 1.57. The van der Waals surface area contributed by atoms with Gasteiger partial charge in [0.25, 0.3) is 5.56 Å². The van der Waals surface area contributed by atoms with E-state index in [1.54, 1.807) is 17.9 Å². The van der Waals surface area contributed by atoms with Crippen LogP contribution in [0.4, 0.5) is 5.69 Å². The van der Waals surface area contributed by atoms with Gasteiger partial charge in [-0.05, 0) is 25.1 Å². The maximum absolute atomic E-state index is 12.5. The first-order valence-electron chi connectivity index (χ1n) is 8.15. The molecule has 0 aliphatic carbocycles. The lowest BCUT2D eigenvalue weighted by atomic mass is 10.1. The number of nitrogens with one attached hydrogen (secondary N) is 2. The van der Waals surface area contributed by atoms with Crippen molar-refractivity contribution in [3.63, 3.8) is 0 Å². The van der Waals surface area contributed by atoms with E-state index in [1.165, 1.54) is 0 Å². The average Bonchev–Trinajstić information content (AvgIpc) is 2.60. The van der Waals surface area contributed by atoms with Crippen molar-refractivity contribution < 1.29 is 4.79 Å². The van der Waals surface area contributed by atoms with Gasteiger partial charge in [-0.2, -0.15) is 0 Å². The molecule has 0 unspecified atom stereocenters. The van der Waals surface area contributed by atoms with E-state index >= 15 is 0 Å². The van der Waals surface area contributed by atoms with Crippen LogP contribution in [0.5, 0.6) is 0 Å². The fourth-order valence-corrected chi connectivity index (χ4v) is 3.29. The molecule has 2 aromatic rings. The van der Waals surface area contributed by atoms with Crippen LogP contribution in [0.25, 0.3) is 0 Å². The minimum absolute atomic E-state index is 0.0370. The second-order valence-corrected chi connectivity index (χ2v) is 6.97. The first-order valence-corrected chi connectivity index (χ1v) is 8.90. The van der Waals surface area contributed by atoms with Gasteiger partial charge in [-0.1, -0.05) is 23.2 Å². The highest BCUT2D eigenvalue weighted by molar-refractivity contribution is 6.42. The molecule has 0 saturated carbocycles. The lowest BCUT2D eigenvalue weighted by Crippen LogP contribution is -2.49. The van der Waals surface area contributed by atoms with Gasteiger partial charge in [-0.15, -0.1) is 0 Å². The van der Waals surface area contributed by atoms with Crippen molar-refractivity contribution in [2.45, 2.75) is 13.3 Å². The third kappa shape index (κ3) is 3.94. The van der Waals surface area contributed by atoms with E-state index < -0.39 is 11.2 Å². The molecule has 1 aromatic carbocycles. The fraction of sp³-hybridized carbons (Fsp3) is 0.353. The molecule has 0 radical (unpaired) electrons. The summed E-state index contributed by atoms with van der Waals surface area (Å²) in [6.07, 6.45) is -0.0370. The van der Waals surface area contributed by atoms with E-state index in [4.69, 9.17) is 23.2 Å². The van der Waals surface area contributed by atoms with Crippen molar-refractivity contribution in [1.82, 2.24) is 14.9 Å². The SMILES string of the molecule is Cc1[nH]c(=O)[nH]c(=O)c1CC(=O)N1CCN(c2ccc(Cl)c(Cl)c2)CC1. The van der Waals surface area contributed by atoms with Gasteiger partial charge in [0.1, 0.15) is 0 Å². The molecule has 1 amide bonds. The number of halogens is 2. The Kier molecular flexibility index (Phi) is 5.38. The highest BCUT2D eigenvalue weighted by Crippen LogP contribution is 2.27. The minimum atomic E-state index is -0.570. The van der Waals surface area contributed by atoms with Gasteiger partial charge >= 0.3 is 5.69 Å². The van der Waals surface area contributed by atoms with E-state index in [-0.39, 0.29) is 12.3 Å². The third-order valence-electron chi connectivity index (χ3n) is 4.48. The number of nitrogens with zero attached hydrogens (tertiary/aromatic N) is 2. The van der Waals surface area contributed by atoms with Gasteiger partial charge in [0.05, 0.1) is 16.5 Å². The first kappa shape index (κ1) is 18.5. The number of piperazine rings is 1. The van der Waals surface area contributed by atoms with E-state index in [0.29, 0.717) is 47.5 Å². The summed E-state index contributed by atoms with van der Waals surface area (Å²) in [6, 6.07) is 5.46. The number of rotatable bonds is 3. The number of aromatic amines is 2. The third-order valence-corrected chi connectivity index (χ3v) is 5.22. The van der Waals surface area contributed by atoms with Gasteiger partial charge in [-0.25, -0.2) is 4.79 Å². The van der Waals surface area contributed by atoms with Gasteiger partial charge in [0.2, 0.25) is 5.91 Å². The summed E-state index contributed by atoms with van der Waals surface area (Å²) < 4.78 is 0. The quantitative estimate of drug-likeness (QED) is 0.823. The van der Waals surface area contributed by atoms with Crippen molar-refractivity contribution in [2.75, 3.05) is 31.1 Å². The Labute approximate surface area is 159 Å². The second kappa shape index (κ2) is 7.55. The number of anilines is 1. The van der Waals surface area contributed by atoms with E-state index in [0.717, 1.165) is 5.69 Å². The van der Waals surface area contributed by atoms with Gasteiger partial charge in [-0.3, -0.25) is 14.6 Å². The van der Waals surface area contributed by atoms with E-state index in [9.17, 15) is 14.4 Å². The Morgan fingerprint density at radius 3 is 2.38 bits per heavy atom. The molecule has 3 rings (SSSR count). The number of carbonyl (C=O) groups is 1. The molecule has 0 spiro atoms. The first-order chi connectivity index (χ1) is 12.3. The van der Waals surface area contributed by atoms with Crippen molar-refractivity contribution in [3.8, 4) is 0 Å². The van der Waals surface area contributed by atoms with Crippen LogP contribution in [-0.2, 0) is 11.2 Å². The predicted molar refractivity (Wildman–Crippen MR) is 101 cm³/mol. The molecule has 9 heteroatoms. The molecular weight excluding hydrogens is 379 g/mol. The largest absolute Gasteiger partial charge is 0.368 e. The lowest BCUT2D eigenvalue weighted by molar-refractivity contribution is -0.130. The molecule has 2 N–H and O–H groups in total. The van der Waals surface area contributed by atoms with Crippen LogP contribution < -0.4 is 16.1 Å². The van der Waals surface area contributed by atoms with Crippen LogP contribution in [-0.4, -0.2) is 47.0 Å². The van der Waals surface area contributed by atoms with E-state index in [1.807, 2.05) is 12.1 Å². The zero-order valence-corrected chi connectivity index (χ0v) is 15.7. The van der Waals surface area contributed by atoms with E-state index in [2.05, 4.69) is 14.9 Å². The molecule has 26 heavy (non-hydrogen) atoms. The van der Waals surface area contributed by atoms with Crippen molar-refractivity contribution >= 4 is 34.8 Å². The highest BCUT2D eigenvalue weighted by atomic mass is 35.5. The summed E-state index contributed by atoms with van der Waals surface area (Å²) in [6.45, 7) is 4.01. The van der Waals surface area contributed by atoms with Crippen molar-refractivity contribution in [2.24, 2.45) is 0 Å². The van der Waals surface area contributed by atoms with Gasteiger partial charge in [0, 0.05) is 43.1 Å². The molecule has 138 valence electrons. The zero-order valence-electron chi connectivity index (χ0n) is 14.1. The van der Waals surface area contributed by atoms with Gasteiger partial charge in [0.15, 0.2) is 0 Å². The lowest BCUT2D eigenvalue weighted by Gasteiger charge is -2.36. The number of aryl methyl sites for hydroxylation is 1. The number of amides is 1. The molecular formula is C17H18Cl2N4O3. The summed E-state index contributed by atoms with van der Waals surface area (Å²) in [5, 5.41) is 1.00. The zero-order chi connectivity index (χ0) is 18.8. The average molecular weight is 397 g/mol. The number of benzene rings is 1. The van der Waals surface area contributed by atoms with Crippen LogP contribution in [0.15, 0.2) is 27.8 Å². The molecule has 2 heterocycles. The summed E-state index contributed by atoms with van der Waals surface area (Å²) in [7, 11) is 0. The van der Waals surface area contributed by atoms with Crippen molar-refractivity contribution in [1.29, 1.82) is 0 Å². The topological polar surface area (TPSA) is 89.3 Å². The molecule has 1 aliphatic heterocycles. The minimum Gasteiger partial charge on any atom is -0.368 e. The maximum atomic E-state index is 12.5. The Bertz CT molecular complexity index is 946. The standard InChI is InChI=1S/C17H18Cl2N4O3/c1-10-12(16(25)21-17(26)20-10)9-15(24)23-6-4-22(5-7-23)11-2-3-13(18)14(19)8-11/h2-3,8H,4-7,9H2,1H3,(H2,20,21,25,26). The van der Waals surface area contributed by atoms with Gasteiger partial charge < -0.3 is 14.8 Å². The molecule has 7 nitrogen and oxygen atoms in total. The van der Waals surface area contributed by atoms with Crippen LogP contribution in [0, 0.1) is 6.92 Å².